The monoisotopic (exact) mass is 271 g/mol. The predicted octanol–water partition coefficient (Wildman–Crippen LogP) is 1.46. The molecule has 1 aromatic heterocycles. The molecule has 5 heteroatoms. The Morgan fingerprint density at radius 2 is 2.30 bits per heavy atom. The molecule has 1 saturated heterocycles. The number of hydrogen-bond acceptors (Lipinski definition) is 4. The first-order valence-electron chi connectivity index (χ1n) is 6.80. The van der Waals surface area contributed by atoms with Crippen LogP contribution in [0.25, 0.3) is 10.9 Å². The second-order valence-electron chi connectivity index (χ2n) is 4.99. The van der Waals surface area contributed by atoms with Crippen molar-refractivity contribution in [2.24, 2.45) is 5.73 Å². The smallest absolute Gasteiger partial charge is 0.249 e. The van der Waals surface area contributed by atoms with Crippen LogP contribution in [0.2, 0.25) is 0 Å². The minimum atomic E-state index is -0.465. The molecule has 1 atom stereocenters. The third-order valence-electron chi connectivity index (χ3n) is 3.55. The fraction of sp³-hybridized carbons (Fsp3) is 0.333. The lowest BCUT2D eigenvalue weighted by Crippen LogP contribution is -2.28. The van der Waals surface area contributed by atoms with Crippen molar-refractivity contribution in [2.75, 3.05) is 13.2 Å². The van der Waals surface area contributed by atoms with Crippen molar-refractivity contribution in [3.63, 3.8) is 0 Å². The van der Waals surface area contributed by atoms with Crippen molar-refractivity contribution in [3.05, 3.63) is 35.9 Å². The quantitative estimate of drug-likeness (QED) is 0.882. The van der Waals surface area contributed by atoms with Gasteiger partial charge in [-0.05, 0) is 25.5 Å². The lowest BCUT2D eigenvalue weighted by molar-refractivity contribution is 0.100. The van der Waals surface area contributed by atoms with Gasteiger partial charge in [0.25, 0.3) is 0 Å². The van der Waals surface area contributed by atoms with Gasteiger partial charge in [0.05, 0.1) is 11.1 Å². The Hall–Kier alpha value is -2.14. The maximum Gasteiger partial charge on any atom is 0.249 e. The molecule has 1 fully saturated rings. The van der Waals surface area contributed by atoms with Crippen LogP contribution in [-0.2, 0) is 0 Å². The van der Waals surface area contributed by atoms with E-state index in [2.05, 4.69) is 10.3 Å². The molecule has 1 unspecified atom stereocenters. The number of para-hydroxylation sites is 1. The van der Waals surface area contributed by atoms with Crippen molar-refractivity contribution in [1.82, 2.24) is 10.3 Å². The SMILES string of the molecule is NC(=O)c1cc(OCC2CCCN2)nc2ccccc12. The number of hydrogen-bond donors (Lipinski definition) is 2. The number of amides is 1. The van der Waals surface area contributed by atoms with Crippen LogP contribution >= 0.6 is 0 Å². The average Bonchev–Trinajstić information content (AvgIpc) is 2.97. The number of ether oxygens (including phenoxy) is 1. The van der Waals surface area contributed by atoms with Crippen LogP contribution in [0.1, 0.15) is 23.2 Å². The van der Waals surface area contributed by atoms with E-state index < -0.39 is 5.91 Å². The van der Waals surface area contributed by atoms with E-state index in [0.717, 1.165) is 23.9 Å². The van der Waals surface area contributed by atoms with Crippen LogP contribution in [-0.4, -0.2) is 30.1 Å². The van der Waals surface area contributed by atoms with Crippen molar-refractivity contribution in [1.29, 1.82) is 0 Å². The summed E-state index contributed by atoms with van der Waals surface area (Å²) in [7, 11) is 0. The van der Waals surface area contributed by atoms with Crippen LogP contribution in [0, 0.1) is 0 Å². The zero-order valence-corrected chi connectivity index (χ0v) is 11.1. The van der Waals surface area contributed by atoms with Gasteiger partial charge in [0.15, 0.2) is 0 Å². The number of fused-ring (bicyclic) bond motifs is 1. The van der Waals surface area contributed by atoms with Crippen molar-refractivity contribution >= 4 is 16.8 Å². The van der Waals surface area contributed by atoms with E-state index in [9.17, 15) is 4.79 Å². The van der Waals surface area contributed by atoms with Gasteiger partial charge in [0, 0.05) is 17.5 Å². The van der Waals surface area contributed by atoms with Gasteiger partial charge in [-0.3, -0.25) is 4.79 Å². The Labute approximate surface area is 117 Å². The van der Waals surface area contributed by atoms with Crippen LogP contribution < -0.4 is 15.8 Å². The normalized spacial score (nSPS) is 18.3. The first-order valence-corrected chi connectivity index (χ1v) is 6.80. The topological polar surface area (TPSA) is 77.2 Å². The van der Waals surface area contributed by atoms with Crippen LogP contribution in [0.15, 0.2) is 30.3 Å². The highest BCUT2D eigenvalue weighted by Gasteiger charge is 2.16. The number of rotatable bonds is 4. The molecule has 1 amide bonds. The van der Waals surface area contributed by atoms with Gasteiger partial charge in [-0.1, -0.05) is 18.2 Å². The summed E-state index contributed by atoms with van der Waals surface area (Å²) in [5, 5.41) is 4.11. The largest absolute Gasteiger partial charge is 0.476 e. The molecule has 2 heterocycles. The number of aromatic nitrogens is 1. The molecule has 1 aliphatic rings. The first-order chi connectivity index (χ1) is 9.74. The Morgan fingerprint density at radius 3 is 3.05 bits per heavy atom. The summed E-state index contributed by atoms with van der Waals surface area (Å²) in [4.78, 5) is 16.0. The van der Waals surface area contributed by atoms with Crippen molar-refractivity contribution in [3.8, 4) is 5.88 Å². The zero-order chi connectivity index (χ0) is 13.9. The molecular formula is C15H17N3O2. The summed E-state index contributed by atoms with van der Waals surface area (Å²) >= 11 is 0. The molecule has 2 aromatic rings. The molecular weight excluding hydrogens is 254 g/mol. The van der Waals surface area contributed by atoms with Gasteiger partial charge in [-0.15, -0.1) is 0 Å². The highest BCUT2D eigenvalue weighted by Crippen LogP contribution is 2.22. The second kappa shape index (κ2) is 5.46. The number of carbonyl (C=O) groups is 1. The molecule has 3 rings (SSSR count). The van der Waals surface area contributed by atoms with E-state index in [-0.39, 0.29) is 0 Å². The van der Waals surface area contributed by atoms with E-state index in [0.29, 0.717) is 24.1 Å². The lowest BCUT2D eigenvalue weighted by atomic mass is 10.1. The molecule has 0 radical (unpaired) electrons. The molecule has 5 nitrogen and oxygen atoms in total. The number of nitrogens with two attached hydrogens (primary N) is 1. The maximum absolute atomic E-state index is 11.6. The van der Waals surface area contributed by atoms with Crippen molar-refractivity contribution in [2.45, 2.75) is 18.9 Å². The minimum absolute atomic E-state index is 0.361. The number of nitrogens with one attached hydrogen (secondary N) is 1. The summed E-state index contributed by atoms with van der Waals surface area (Å²) in [6, 6.07) is 9.41. The Balaban J connectivity index is 1.88. The van der Waals surface area contributed by atoms with Gasteiger partial charge >= 0.3 is 0 Å². The van der Waals surface area contributed by atoms with Crippen molar-refractivity contribution < 1.29 is 9.53 Å². The average molecular weight is 271 g/mol. The Kier molecular flexibility index (Phi) is 3.52. The summed E-state index contributed by atoms with van der Waals surface area (Å²) in [6.45, 7) is 1.59. The Bertz CT molecular complexity index is 636. The van der Waals surface area contributed by atoms with E-state index >= 15 is 0 Å². The molecule has 0 spiro atoms. The molecule has 20 heavy (non-hydrogen) atoms. The Morgan fingerprint density at radius 1 is 1.45 bits per heavy atom. The lowest BCUT2D eigenvalue weighted by Gasteiger charge is -2.13. The second-order valence-corrected chi connectivity index (χ2v) is 4.99. The number of pyridine rings is 1. The van der Waals surface area contributed by atoms with Gasteiger partial charge in [-0.2, -0.15) is 0 Å². The first kappa shape index (κ1) is 12.9. The highest BCUT2D eigenvalue weighted by atomic mass is 16.5. The fourth-order valence-corrected chi connectivity index (χ4v) is 2.51. The summed E-state index contributed by atoms with van der Waals surface area (Å²) < 4.78 is 5.71. The van der Waals surface area contributed by atoms with Gasteiger partial charge in [0.2, 0.25) is 11.8 Å². The zero-order valence-electron chi connectivity index (χ0n) is 11.1. The van der Waals surface area contributed by atoms with Gasteiger partial charge in [-0.25, -0.2) is 4.98 Å². The summed E-state index contributed by atoms with van der Waals surface area (Å²) in [5.74, 6) is -0.0151. The molecule has 0 saturated carbocycles. The third kappa shape index (κ3) is 2.58. The van der Waals surface area contributed by atoms with Gasteiger partial charge < -0.3 is 15.8 Å². The molecule has 0 aliphatic carbocycles. The molecule has 1 aromatic carbocycles. The highest BCUT2D eigenvalue weighted by molar-refractivity contribution is 6.05. The predicted molar refractivity (Wildman–Crippen MR) is 76.8 cm³/mol. The third-order valence-corrected chi connectivity index (χ3v) is 3.55. The summed E-state index contributed by atoms with van der Waals surface area (Å²) in [6.07, 6.45) is 2.28. The standard InChI is InChI=1S/C15H17N3O2/c16-15(19)12-8-14(20-9-10-4-3-7-17-10)18-13-6-2-1-5-11(12)13/h1-2,5-6,8,10,17H,3-4,7,9H2,(H2,16,19). The molecule has 0 bridgehead atoms. The molecule has 3 N–H and O–H groups in total. The maximum atomic E-state index is 11.6. The van der Waals surface area contributed by atoms with Crippen LogP contribution in [0.5, 0.6) is 5.88 Å². The number of benzene rings is 1. The van der Waals surface area contributed by atoms with E-state index in [4.69, 9.17) is 10.5 Å². The van der Waals surface area contributed by atoms with Crippen LogP contribution in [0.4, 0.5) is 0 Å². The number of nitrogens with zero attached hydrogens (tertiary/aromatic N) is 1. The van der Waals surface area contributed by atoms with E-state index in [1.807, 2.05) is 24.3 Å². The molecule has 104 valence electrons. The summed E-state index contributed by atoms with van der Waals surface area (Å²) in [5.41, 5.74) is 6.60. The number of carbonyl (C=O) groups excluding carboxylic acids is 1. The molecule has 1 aliphatic heterocycles. The van der Waals surface area contributed by atoms with E-state index in [1.54, 1.807) is 6.07 Å². The number of primary amides is 1. The minimum Gasteiger partial charge on any atom is -0.476 e. The van der Waals surface area contributed by atoms with E-state index in [1.165, 1.54) is 6.42 Å². The van der Waals surface area contributed by atoms with Gasteiger partial charge in [0.1, 0.15) is 6.61 Å². The van der Waals surface area contributed by atoms with Crippen LogP contribution in [0.3, 0.4) is 0 Å². The fourth-order valence-electron chi connectivity index (χ4n) is 2.51.